The maximum atomic E-state index is 13.2. The van der Waals surface area contributed by atoms with Gasteiger partial charge in [0.15, 0.2) is 5.82 Å². The number of carbonyl (C=O) groups excluding carboxylic acids is 2. The number of benzene rings is 1. The average molecular weight is 426 g/mol. The zero-order chi connectivity index (χ0) is 22.0. The van der Waals surface area contributed by atoms with Crippen molar-refractivity contribution in [2.75, 3.05) is 53.7 Å². The Bertz CT molecular complexity index is 959. The third-order valence-electron chi connectivity index (χ3n) is 5.71. The molecular weight excluding hydrogens is 399 g/mol. The molecule has 2 amide bonds. The van der Waals surface area contributed by atoms with Crippen molar-refractivity contribution in [3.8, 4) is 0 Å². The minimum Gasteiger partial charge on any atom is -0.361 e. The van der Waals surface area contributed by atoms with E-state index in [1.807, 2.05) is 19.0 Å². The Balaban J connectivity index is 1.47. The largest absolute Gasteiger partial charge is 0.361 e. The molecule has 2 aliphatic rings. The van der Waals surface area contributed by atoms with Crippen molar-refractivity contribution in [1.82, 2.24) is 9.97 Å². The maximum absolute atomic E-state index is 13.2. The van der Waals surface area contributed by atoms with Gasteiger partial charge in [-0.15, -0.1) is 0 Å². The summed E-state index contributed by atoms with van der Waals surface area (Å²) in [7, 11) is 3.74. The van der Waals surface area contributed by atoms with Gasteiger partial charge in [0.1, 0.15) is 11.5 Å². The van der Waals surface area contributed by atoms with Crippen LogP contribution in [0, 0.1) is 11.7 Å². The van der Waals surface area contributed by atoms with Gasteiger partial charge in [0.2, 0.25) is 17.8 Å². The zero-order valence-electron chi connectivity index (χ0n) is 17.8. The van der Waals surface area contributed by atoms with E-state index in [1.165, 1.54) is 23.5 Å². The highest BCUT2D eigenvalue weighted by molar-refractivity contribution is 6.04. The standard InChI is InChI=1S/C22H27FN6O2/c1-27(2)20-18(13-24-22(26-20)28-10-4-3-5-11-28)25-21(31)15-12-19(30)29(14-15)17-8-6-16(23)7-9-17/h6-9,13,15H,3-5,10-12,14H2,1-2H3,(H,25,31). The molecule has 8 nitrogen and oxygen atoms in total. The van der Waals surface area contributed by atoms with Crippen LogP contribution in [-0.2, 0) is 9.59 Å². The number of nitrogens with zero attached hydrogens (tertiary/aromatic N) is 5. The first kappa shape index (κ1) is 21.0. The molecule has 2 saturated heterocycles. The minimum absolute atomic E-state index is 0.104. The predicted molar refractivity (Wildman–Crippen MR) is 118 cm³/mol. The maximum Gasteiger partial charge on any atom is 0.229 e. The SMILES string of the molecule is CN(C)c1nc(N2CCCCC2)ncc1NC(=O)C1CC(=O)N(c2ccc(F)cc2)C1. The molecule has 0 aliphatic carbocycles. The third-order valence-corrected chi connectivity index (χ3v) is 5.71. The third kappa shape index (κ3) is 4.60. The lowest BCUT2D eigenvalue weighted by molar-refractivity contribution is -0.122. The molecule has 0 bridgehead atoms. The first-order chi connectivity index (χ1) is 14.9. The van der Waals surface area contributed by atoms with E-state index < -0.39 is 5.92 Å². The average Bonchev–Trinajstić information content (AvgIpc) is 3.17. The van der Waals surface area contributed by atoms with Gasteiger partial charge in [-0.2, -0.15) is 4.98 Å². The number of hydrogen-bond donors (Lipinski definition) is 1. The number of anilines is 4. The molecule has 1 unspecified atom stereocenters. The van der Waals surface area contributed by atoms with Crippen molar-refractivity contribution in [3.05, 3.63) is 36.3 Å². The number of halogens is 1. The van der Waals surface area contributed by atoms with Crippen molar-refractivity contribution in [2.24, 2.45) is 5.92 Å². The fourth-order valence-electron chi connectivity index (χ4n) is 4.03. The topological polar surface area (TPSA) is 81.7 Å². The van der Waals surface area contributed by atoms with Crippen LogP contribution in [0.3, 0.4) is 0 Å². The Morgan fingerprint density at radius 2 is 1.87 bits per heavy atom. The molecule has 1 aromatic carbocycles. The van der Waals surface area contributed by atoms with E-state index in [0.29, 0.717) is 23.1 Å². The normalized spacial score (nSPS) is 18.9. The fraction of sp³-hybridized carbons (Fsp3) is 0.455. The van der Waals surface area contributed by atoms with E-state index in [0.717, 1.165) is 25.9 Å². The summed E-state index contributed by atoms with van der Waals surface area (Å²) < 4.78 is 13.2. The van der Waals surface area contributed by atoms with Crippen LogP contribution in [0.4, 0.5) is 27.5 Å². The number of rotatable bonds is 5. The molecule has 164 valence electrons. The monoisotopic (exact) mass is 426 g/mol. The summed E-state index contributed by atoms with van der Waals surface area (Å²) in [5.74, 6) is 0.0125. The Labute approximate surface area is 181 Å². The summed E-state index contributed by atoms with van der Waals surface area (Å²) in [5, 5.41) is 2.90. The van der Waals surface area contributed by atoms with Gasteiger partial charge in [-0.25, -0.2) is 9.37 Å². The molecular formula is C22H27FN6O2. The van der Waals surface area contributed by atoms with Crippen molar-refractivity contribution < 1.29 is 14.0 Å². The van der Waals surface area contributed by atoms with Crippen LogP contribution < -0.4 is 20.0 Å². The molecule has 1 N–H and O–H groups in total. The summed E-state index contributed by atoms with van der Waals surface area (Å²) in [6.45, 7) is 2.12. The van der Waals surface area contributed by atoms with Crippen LogP contribution in [0.1, 0.15) is 25.7 Å². The second-order valence-corrected chi connectivity index (χ2v) is 8.22. The predicted octanol–water partition coefficient (Wildman–Crippen LogP) is 2.66. The van der Waals surface area contributed by atoms with Gasteiger partial charge in [-0.05, 0) is 43.5 Å². The molecule has 0 radical (unpaired) electrons. The summed E-state index contributed by atoms with van der Waals surface area (Å²) in [5.41, 5.74) is 1.10. The minimum atomic E-state index is -0.505. The summed E-state index contributed by atoms with van der Waals surface area (Å²) in [6.07, 6.45) is 5.21. The van der Waals surface area contributed by atoms with Gasteiger partial charge < -0.3 is 20.0 Å². The highest BCUT2D eigenvalue weighted by Gasteiger charge is 2.35. The van der Waals surface area contributed by atoms with Gasteiger partial charge >= 0.3 is 0 Å². The molecule has 0 spiro atoms. The first-order valence-corrected chi connectivity index (χ1v) is 10.6. The van der Waals surface area contributed by atoms with Gasteiger partial charge in [0, 0.05) is 45.8 Å². The second kappa shape index (κ2) is 8.87. The highest BCUT2D eigenvalue weighted by atomic mass is 19.1. The van der Waals surface area contributed by atoms with Gasteiger partial charge in [-0.3, -0.25) is 9.59 Å². The Morgan fingerprint density at radius 3 is 2.55 bits per heavy atom. The van der Waals surface area contributed by atoms with Gasteiger partial charge in [-0.1, -0.05) is 0 Å². The summed E-state index contributed by atoms with van der Waals surface area (Å²) in [4.78, 5) is 40.0. The van der Waals surface area contributed by atoms with Crippen molar-refractivity contribution >= 4 is 35.0 Å². The quantitative estimate of drug-likeness (QED) is 0.792. The number of aromatic nitrogens is 2. The molecule has 2 fully saturated rings. The molecule has 9 heteroatoms. The molecule has 2 aliphatic heterocycles. The van der Waals surface area contributed by atoms with Crippen LogP contribution in [0.2, 0.25) is 0 Å². The number of piperidine rings is 1. The molecule has 31 heavy (non-hydrogen) atoms. The van der Waals surface area contributed by atoms with Crippen molar-refractivity contribution in [1.29, 1.82) is 0 Å². The van der Waals surface area contributed by atoms with Crippen LogP contribution in [0.15, 0.2) is 30.5 Å². The number of hydrogen-bond acceptors (Lipinski definition) is 6. The van der Waals surface area contributed by atoms with Crippen LogP contribution in [0.25, 0.3) is 0 Å². The second-order valence-electron chi connectivity index (χ2n) is 8.22. The Kier molecular flexibility index (Phi) is 6.01. The fourth-order valence-corrected chi connectivity index (χ4v) is 4.03. The van der Waals surface area contributed by atoms with Crippen LogP contribution >= 0.6 is 0 Å². The number of amides is 2. The summed E-state index contributed by atoms with van der Waals surface area (Å²) in [6, 6.07) is 5.71. The number of nitrogens with one attached hydrogen (secondary N) is 1. The lowest BCUT2D eigenvalue weighted by atomic mass is 10.1. The Morgan fingerprint density at radius 1 is 1.16 bits per heavy atom. The first-order valence-electron chi connectivity index (χ1n) is 10.6. The zero-order valence-corrected chi connectivity index (χ0v) is 17.8. The van der Waals surface area contributed by atoms with E-state index in [-0.39, 0.29) is 30.6 Å². The number of carbonyl (C=O) groups is 2. The molecule has 3 heterocycles. The van der Waals surface area contributed by atoms with Crippen LogP contribution in [0.5, 0.6) is 0 Å². The molecule has 1 aromatic heterocycles. The molecule has 2 aromatic rings. The van der Waals surface area contributed by atoms with E-state index in [9.17, 15) is 14.0 Å². The summed E-state index contributed by atoms with van der Waals surface area (Å²) >= 11 is 0. The van der Waals surface area contributed by atoms with Gasteiger partial charge in [0.05, 0.1) is 12.1 Å². The van der Waals surface area contributed by atoms with E-state index >= 15 is 0 Å². The lowest BCUT2D eigenvalue weighted by Gasteiger charge is -2.28. The smallest absolute Gasteiger partial charge is 0.229 e. The highest BCUT2D eigenvalue weighted by Crippen LogP contribution is 2.29. The van der Waals surface area contributed by atoms with Crippen LogP contribution in [-0.4, -0.2) is 55.5 Å². The molecule has 4 rings (SSSR count). The molecule has 1 atom stereocenters. The van der Waals surface area contributed by atoms with Gasteiger partial charge in [0.25, 0.3) is 0 Å². The van der Waals surface area contributed by atoms with E-state index in [4.69, 9.17) is 0 Å². The van der Waals surface area contributed by atoms with E-state index in [1.54, 1.807) is 18.3 Å². The molecule has 0 saturated carbocycles. The Hall–Kier alpha value is -3.23. The lowest BCUT2D eigenvalue weighted by Crippen LogP contribution is -2.32. The van der Waals surface area contributed by atoms with Crippen molar-refractivity contribution in [3.63, 3.8) is 0 Å². The van der Waals surface area contributed by atoms with Crippen molar-refractivity contribution in [2.45, 2.75) is 25.7 Å². The van der Waals surface area contributed by atoms with E-state index in [2.05, 4.69) is 20.2 Å².